The average molecular weight is 314 g/mol. The van der Waals surface area contributed by atoms with E-state index in [9.17, 15) is 9.18 Å². The standard InChI is InChI=1S/C13H7BrClFO/c14-11-5-4-10(13(16)12(11)15)9-3-1-2-8(6-9)7-17/h1-7H. The molecule has 2 aromatic carbocycles. The van der Waals surface area contributed by atoms with E-state index >= 15 is 0 Å². The van der Waals surface area contributed by atoms with Gasteiger partial charge in [0.2, 0.25) is 0 Å². The summed E-state index contributed by atoms with van der Waals surface area (Å²) < 4.78 is 14.4. The largest absolute Gasteiger partial charge is 0.298 e. The maximum atomic E-state index is 13.9. The minimum absolute atomic E-state index is 0.0407. The van der Waals surface area contributed by atoms with E-state index in [0.29, 0.717) is 21.2 Å². The van der Waals surface area contributed by atoms with Crippen LogP contribution in [0.25, 0.3) is 11.1 Å². The molecule has 0 bridgehead atoms. The summed E-state index contributed by atoms with van der Waals surface area (Å²) in [6.45, 7) is 0. The van der Waals surface area contributed by atoms with Gasteiger partial charge in [0.15, 0.2) is 5.82 Å². The molecule has 0 amide bonds. The van der Waals surface area contributed by atoms with E-state index in [4.69, 9.17) is 11.6 Å². The number of aldehydes is 1. The van der Waals surface area contributed by atoms with Gasteiger partial charge in [-0.25, -0.2) is 4.39 Å². The van der Waals surface area contributed by atoms with Gasteiger partial charge in [-0.2, -0.15) is 0 Å². The highest BCUT2D eigenvalue weighted by atomic mass is 79.9. The molecule has 0 heterocycles. The molecule has 0 atom stereocenters. The molecule has 0 saturated heterocycles. The molecule has 0 saturated carbocycles. The third-order valence-electron chi connectivity index (χ3n) is 2.37. The Morgan fingerprint density at radius 1 is 1.24 bits per heavy atom. The molecular formula is C13H7BrClFO. The number of carbonyl (C=O) groups is 1. The molecule has 0 N–H and O–H groups in total. The SMILES string of the molecule is O=Cc1cccc(-c2ccc(Br)c(Cl)c2F)c1. The van der Waals surface area contributed by atoms with Gasteiger partial charge in [-0.05, 0) is 33.6 Å². The van der Waals surface area contributed by atoms with Crippen molar-refractivity contribution in [3.05, 3.63) is 57.3 Å². The first-order valence-corrected chi connectivity index (χ1v) is 5.99. The molecule has 0 spiro atoms. The van der Waals surface area contributed by atoms with Crippen molar-refractivity contribution in [1.82, 2.24) is 0 Å². The van der Waals surface area contributed by atoms with Crippen molar-refractivity contribution in [2.45, 2.75) is 0 Å². The van der Waals surface area contributed by atoms with Gasteiger partial charge in [0, 0.05) is 15.6 Å². The van der Waals surface area contributed by atoms with Crippen molar-refractivity contribution in [2.75, 3.05) is 0 Å². The monoisotopic (exact) mass is 312 g/mol. The van der Waals surface area contributed by atoms with E-state index in [0.717, 1.165) is 6.29 Å². The molecule has 4 heteroatoms. The van der Waals surface area contributed by atoms with E-state index in [2.05, 4.69) is 15.9 Å². The molecule has 2 rings (SSSR count). The maximum absolute atomic E-state index is 13.9. The molecule has 86 valence electrons. The zero-order valence-electron chi connectivity index (χ0n) is 8.58. The second-order valence-electron chi connectivity index (χ2n) is 3.47. The Balaban J connectivity index is 2.60. The normalized spacial score (nSPS) is 10.3. The molecule has 0 unspecified atom stereocenters. The van der Waals surface area contributed by atoms with Gasteiger partial charge in [-0.3, -0.25) is 4.79 Å². The minimum Gasteiger partial charge on any atom is -0.298 e. The number of carbonyl (C=O) groups excluding carboxylic acids is 1. The molecule has 17 heavy (non-hydrogen) atoms. The van der Waals surface area contributed by atoms with Crippen LogP contribution in [0.5, 0.6) is 0 Å². The number of hydrogen-bond donors (Lipinski definition) is 0. The Hall–Kier alpha value is -1.19. The molecule has 0 radical (unpaired) electrons. The number of hydrogen-bond acceptors (Lipinski definition) is 1. The highest BCUT2D eigenvalue weighted by molar-refractivity contribution is 9.10. The molecule has 0 aromatic heterocycles. The number of benzene rings is 2. The van der Waals surface area contributed by atoms with Crippen molar-refractivity contribution in [3.8, 4) is 11.1 Å². The molecule has 2 aromatic rings. The van der Waals surface area contributed by atoms with Crippen LogP contribution in [0.15, 0.2) is 40.9 Å². The second kappa shape index (κ2) is 4.98. The zero-order chi connectivity index (χ0) is 12.4. The van der Waals surface area contributed by atoms with Crippen LogP contribution in [0.3, 0.4) is 0 Å². The van der Waals surface area contributed by atoms with Crippen molar-refractivity contribution >= 4 is 33.8 Å². The van der Waals surface area contributed by atoms with Crippen molar-refractivity contribution < 1.29 is 9.18 Å². The van der Waals surface area contributed by atoms with Gasteiger partial charge in [0.05, 0.1) is 5.02 Å². The maximum Gasteiger partial charge on any atom is 0.150 e. The molecule has 0 aliphatic carbocycles. The number of rotatable bonds is 2. The lowest BCUT2D eigenvalue weighted by Gasteiger charge is -2.06. The van der Waals surface area contributed by atoms with E-state index in [-0.39, 0.29) is 5.02 Å². The lowest BCUT2D eigenvalue weighted by atomic mass is 10.0. The quantitative estimate of drug-likeness (QED) is 0.579. The molecular weight excluding hydrogens is 306 g/mol. The molecule has 0 aliphatic rings. The summed E-state index contributed by atoms with van der Waals surface area (Å²) in [4.78, 5) is 10.7. The van der Waals surface area contributed by atoms with Crippen LogP contribution in [0.4, 0.5) is 4.39 Å². The highest BCUT2D eigenvalue weighted by Crippen LogP contribution is 2.33. The van der Waals surface area contributed by atoms with Crippen LogP contribution in [0, 0.1) is 5.82 Å². The first-order chi connectivity index (χ1) is 8.13. The van der Waals surface area contributed by atoms with Gasteiger partial charge < -0.3 is 0 Å². The third-order valence-corrected chi connectivity index (χ3v) is 3.63. The predicted octanol–water partition coefficient (Wildman–Crippen LogP) is 4.72. The predicted molar refractivity (Wildman–Crippen MR) is 69.9 cm³/mol. The summed E-state index contributed by atoms with van der Waals surface area (Å²) in [5.74, 6) is -0.496. The smallest absolute Gasteiger partial charge is 0.150 e. The fraction of sp³-hybridized carbons (Fsp3) is 0. The van der Waals surface area contributed by atoms with E-state index in [1.807, 2.05) is 0 Å². The molecule has 0 aliphatic heterocycles. The Morgan fingerprint density at radius 2 is 2.00 bits per heavy atom. The van der Waals surface area contributed by atoms with Crippen LogP contribution in [-0.4, -0.2) is 6.29 Å². The van der Waals surface area contributed by atoms with E-state index in [1.54, 1.807) is 36.4 Å². The lowest BCUT2D eigenvalue weighted by molar-refractivity contribution is 0.112. The van der Waals surface area contributed by atoms with E-state index < -0.39 is 5.82 Å². The fourth-order valence-electron chi connectivity index (χ4n) is 1.53. The van der Waals surface area contributed by atoms with Crippen LogP contribution in [0.2, 0.25) is 5.02 Å². The van der Waals surface area contributed by atoms with Gasteiger partial charge >= 0.3 is 0 Å². The topological polar surface area (TPSA) is 17.1 Å². The summed E-state index contributed by atoms with van der Waals surface area (Å²) in [6, 6.07) is 10.0. The summed E-state index contributed by atoms with van der Waals surface area (Å²) in [7, 11) is 0. The highest BCUT2D eigenvalue weighted by Gasteiger charge is 2.11. The zero-order valence-corrected chi connectivity index (χ0v) is 10.9. The first kappa shape index (κ1) is 12.3. The Labute approximate surface area is 111 Å². The summed E-state index contributed by atoms with van der Waals surface area (Å²) in [5.41, 5.74) is 1.50. The Morgan fingerprint density at radius 3 is 2.71 bits per heavy atom. The Kier molecular flexibility index (Phi) is 3.60. The van der Waals surface area contributed by atoms with Crippen LogP contribution in [0.1, 0.15) is 10.4 Å². The molecule has 0 fully saturated rings. The van der Waals surface area contributed by atoms with Crippen LogP contribution in [-0.2, 0) is 0 Å². The van der Waals surface area contributed by atoms with Crippen LogP contribution >= 0.6 is 27.5 Å². The van der Waals surface area contributed by atoms with Gasteiger partial charge in [-0.15, -0.1) is 0 Å². The van der Waals surface area contributed by atoms with Crippen molar-refractivity contribution in [2.24, 2.45) is 0 Å². The van der Waals surface area contributed by atoms with Gasteiger partial charge in [-0.1, -0.05) is 35.9 Å². The fourth-order valence-corrected chi connectivity index (χ4v) is 2.00. The molecule has 1 nitrogen and oxygen atoms in total. The van der Waals surface area contributed by atoms with Crippen molar-refractivity contribution in [3.63, 3.8) is 0 Å². The minimum atomic E-state index is -0.496. The lowest BCUT2D eigenvalue weighted by Crippen LogP contribution is -1.88. The summed E-state index contributed by atoms with van der Waals surface area (Å²) in [5, 5.41) is 0.0407. The van der Waals surface area contributed by atoms with Gasteiger partial charge in [0.1, 0.15) is 6.29 Å². The van der Waals surface area contributed by atoms with Crippen LogP contribution < -0.4 is 0 Å². The summed E-state index contributed by atoms with van der Waals surface area (Å²) >= 11 is 8.97. The van der Waals surface area contributed by atoms with Gasteiger partial charge in [0.25, 0.3) is 0 Å². The Bertz CT molecular complexity index is 584. The third kappa shape index (κ3) is 2.40. The second-order valence-corrected chi connectivity index (χ2v) is 4.70. The van der Waals surface area contributed by atoms with E-state index in [1.165, 1.54) is 0 Å². The number of halogens is 3. The average Bonchev–Trinajstić information content (AvgIpc) is 2.36. The van der Waals surface area contributed by atoms with Crippen molar-refractivity contribution in [1.29, 1.82) is 0 Å². The first-order valence-electron chi connectivity index (χ1n) is 4.82. The summed E-state index contributed by atoms with van der Waals surface area (Å²) in [6.07, 6.45) is 0.724.